The summed E-state index contributed by atoms with van der Waals surface area (Å²) >= 11 is 0. The molecule has 2 bridgehead atoms. The van der Waals surface area contributed by atoms with Gasteiger partial charge in [0, 0.05) is 0 Å². The lowest BCUT2D eigenvalue weighted by molar-refractivity contribution is -0.428. The molecule has 0 spiro atoms. The maximum Gasteiger partial charge on any atom is 0.342 e. The normalized spacial score (nSPS) is 44.7. The van der Waals surface area contributed by atoms with Crippen molar-refractivity contribution in [2.45, 2.75) is 26.1 Å². The Bertz CT molecular complexity index is 185. The molecule has 64 valence electrons. The van der Waals surface area contributed by atoms with Gasteiger partial charge in [0.05, 0.1) is 5.41 Å². The summed E-state index contributed by atoms with van der Waals surface area (Å²) in [5.41, 5.74) is -0.940. The van der Waals surface area contributed by atoms with Crippen LogP contribution in [0.3, 0.4) is 0 Å². The molecule has 0 aromatic heterocycles. The van der Waals surface area contributed by atoms with Crippen molar-refractivity contribution in [3.05, 3.63) is 0 Å². The van der Waals surface area contributed by atoms with Crippen molar-refractivity contribution in [3.8, 4) is 0 Å². The summed E-state index contributed by atoms with van der Waals surface area (Å²) in [5.74, 6) is -2.13. The largest absolute Gasteiger partial charge is 0.343 e. The van der Waals surface area contributed by atoms with Crippen molar-refractivity contribution in [2.75, 3.05) is 0 Å². The van der Waals surface area contributed by atoms with Gasteiger partial charge in [0.2, 0.25) is 0 Å². The van der Waals surface area contributed by atoms with Gasteiger partial charge < -0.3 is 10.2 Å². The molecule has 2 N–H and O–H groups in total. The van der Waals surface area contributed by atoms with E-state index in [0.29, 0.717) is 0 Å². The first kappa shape index (κ1) is 7.86. The molecule has 0 unspecified atom stereocenters. The molecule has 0 aromatic rings. The highest BCUT2D eigenvalue weighted by atomic mass is 31.2. The minimum atomic E-state index is -2.13. The van der Waals surface area contributed by atoms with Crippen LogP contribution in [-0.2, 0) is 13.6 Å². The van der Waals surface area contributed by atoms with Crippen LogP contribution in [0.4, 0.5) is 0 Å². The lowest BCUT2D eigenvalue weighted by Crippen LogP contribution is -2.61. The Hall–Kier alpha value is 0.230. The molecule has 6 heteroatoms. The van der Waals surface area contributed by atoms with Crippen LogP contribution in [0.5, 0.6) is 0 Å². The van der Waals surface area contributed by atoms with Gasteiger partial charge in [-0.05, 0) is 13.8 Å². The summed E-state index contributed by atoms with van der Waals surface area (Å²) in [6.45, 7) is 3.20. The first-order chi connectivity index (χ1) is 4.93. The Morgan fingerprint density at radius 3 is 2.09 bits per heavy atom. The van der Waals surface area contributed by atoms with E-state index in [-0.39, 0.29) is 0 Å². The van der Waals surface area contributed by atoms with Gasteiger partial charge in [0.15, 0.2) is 6.29 Å². The number of aliphatic hydroxyl groups is 2. The van der Waals surface area contributed by atoms with Crippen molar-refractivity contribution in [1.29, 1.82) is 0 Å². The topological polar surface area (TPSA) is 68.2 Å². The average Bonchev–Trinajstić information content (AvgIpc) is 1.72. The second kappa shape index (κ2) is 1.93. The van der Waals surface area contributed by atoms with Gasteiger partial charge in [-0.25, -0.2) is 0 Å². The molecule has 3 rings (SSSR count). The van der Waals surface area contributed by atoms with Crippen LogP contribution < -0.4 is 0 Å². The fourth-order valence-electron chi connectivity index (χ4n) is 0.846. The molecule has 0 saturated carbocycles. The summed E-state index contributed by atoms with van der Waals surface area (Å²) in [4.78, 5) is 0. The fourth-order valence-corrected chi connectivity index (χ4v) is 2.23. The van der Waals surface area contributed by atoms with E-state index in [1.807, 2.05) is 0 Å². The van der Waals surface area contributed by atoms with Crippen molar-refractivity contribution < 1.29 is 23.8 Å². The van der Waals surface area contributed by atoms with Gasteiger partial charge in [-0.1, -0.05) is 0 Å². The van der Waals surface area contributed by atoms with Crippen molar-refractivity contribution in [2.24, 2.45) is 5.41 Å². The summed E-state index contributed by atoms with van der Waals surface area (Å²) in [6.07, 6.45) is -0.558. The summed E-state index contributed by atoms with van der Waals surface area (Å²) in [6, 6.07) is 0. The maximum absolute atomic E-state index is 9.29. The molecule has 11 heavy (non-hydrogen) atoms. The van der Waals surface area contributed by atoms with Crippen LogP contribution in [0.2, 0.25) is 0 Å². The minimum absolute atomic E-state index is 0.558. The highest BCUT2D eigenvalue weighted by Crippen LogP contribution is 2.66. The Morgan fingerprint density at radius 2 is 1.82 bits per heavy atom. The Morgan fingerprint density at radius 1 is 1.27 bits per heavy atom. The van der Waals surface area contributed by atoms with Crippen LogP contribution >= 0.6 is 8.60 Å². The van der Waals surface area contributed by atoms with E-state index in [0.717, 1.165) is 0 Å². The maximum atomic E-state index is 9.29. The molecule has 0 atom stereocenters. The lowest BCUT2D eigenvalue weighted by atomic mass is 9.89. The van der Waals surface area contributed by atoms with Gasteiger partial charge >= 0.3 is 8.60 Å². The molecular formula is C5H9O5P. The molecule has 0 aliphatic carbocycles. The molecule has 5 nitrogen and oxygen atoms in total. The Kier molecular flexibility index (Phi) is 1.38. The molecule has 3 aliphatic rings. The zero-order chi connectivity index (χ0) is 8.28. The van der Waals surface area contributed by atoms with E-state index in [2.05, 4.69) is 4.52 Å². The molecule has 0 aromatic carbocycles. The molecule has 3 saturated heterocycles. The van der Waals surface area contributed by atoms with Crippen LogP contribution in [0.15, 0.2) is 0 Å². The molecule has 3 fully saturated rings. The quantitative estimate of drug-likeness (QED) is 0.414. The number of rotatable bonds is 0. The van der Waals surface area contributed by atoms with Crippen LogP contribution in [0.1, 0.15) is 13.8 Å². The average molecular weight is 180 g/mol. The first-order valence-electron chi connectivity index (χ1n) is 3.21. The lowest BCUT2D eigenvalue weighted by Gasteiger charge is -2.53. The highest BCUT2D eigenvalue weighted by molar-refractivity contribution is 7.43. The second-order valence-corrected chi connectivity index (χ2v) is 4.24. The molecule has 3 heterocycles. The van der Waals surface area contributed by atoms with E-state index in [1.54, 1.807) is 13.8 Å². The number of fused-ring (bicyclic) bond motifs is 2. The van der Waals surface area contributed by atoms with Gasteiger partial charge in [-0.3, -0.25) is 13.6 Å². The molecule has 0 amide bonds. The smallest absolute Gasteiger partial charge is 0.342 e. The molecule has 3 aliphatic heterocycles. The fraction of sp³-hybridized carbons (Fsp3) is 1.00. The van der Waals surface area contributed by atoms with E-state index < -0.39 is 26.3 Å². The third kappa shape index (κ3) is 0.869. The molecule has 0 radical (unpaired) electrons. The zero-order valence-corrected chi connectivity index (χ0v) is 7.04. The van der Waals surface area contributed by atoms with E-state index >= 15 is 0 Å². The Labute approximate surface area is 64.9 Å². The second-order valence-electron chi connectivity index (χ2n) is 3.19. The van der Waals surface area contributed by atoms with Gasteiger partial charge in [0.1, 0.15) is 0 Å². The monoisotopic (exact) mass is 180 g/mol. The van der Waals surface area contributed by atoms with E-state index in [9.17, 15) is 10.2 Å². The van der Waals surface area contributed by atoms with Crippen molar-refractivity contribution >= 4 is 8.60 Å². The predicted molar refractivity (Wildman–Crippen MR) is 34.9 cm³/mol. The van der Waals surface area contributed by atoms with Gasteiger partial charge in [-0.15, -0.1) is 0 Å². The van der Waals surface area contributed by atoms with E-state index in [1.165, 1.54) is 0 Å². The summed E-state index contributed by atoms with van der Waals surface area (Å²) in [7, 11) is -1.49. The van der Waals surface area contributed by atoms with Crippen molar-refractivity contribution in [1.82, 2.24) is 0 Å². The van der Waals surface area contributed by atoms with Gasteiger partial charge in [-0.2, -0.15) is 0 Å². The predicted octanol–water partition coefficient (Wildman–Crippen LogP) is 0.281. The minimum Gasteiger partial charge on any atom is -0.343 e. The third-order valence-corrected chi connectivity index (χ3v) is 3.12. The zero-order valence-electron chi connectivity index (χ0n) is 6.14. The summed E-state index contributed by atoms with van der Waals surface area (Å²) in [5, 5.41) is 18.6. The molecular weight excluding hydrogens is 171 g/mol. The third-order valence-electron chi connectivity index (χ3n) is 1.99. The van der Waals surface area contributed by atoms with Crippen LogP contribution in [0, 0.1) is 5.41 Å². The standard InChI is InChI=1S/C5H9O5P/c1-4(2)3-8-11(9-3)10-5(4,6)7/h3,6-7H,1-2H3. The van der Waals surface area contributed by atoms with Crippen molar-refractivity contribution in [3.63, 3.8) is 0 Å². The SMILES string of the molecule is CC1(C)C2OP(O2)OC1(O)O. The van der Waals surface area contributed by atoms with Crippen LogP contribution in [-0.4, -0.2) is 22.5 Å². The van der Waals surface area contributed by atoms with Crippen LogP contribution in [0.25, 0.3) is 0 Å². The van der Waals surface area contributed by atoms with E-state index in [4.69, 9.17) is 9.05 Å². The number of hydrogen-bond acceptors (Lipinski definition) is 5. The number of hydrogen-bond donors (Lipinski definition) is 2. The first-order valence-corrected chi connectivity index (χ1v) is 4.30. The highest BCUT2D eigenvalue weighted by Gasteiger charge is 2.64. The Balaban J connectivity index is 2.26. The summed E-state index contributed by atoms with van der Waals surface area (Å²) < 4.78 is 14.7. The van der Waals surface area contributed by atoms with Gasteiger partial charge in [0.25, 0.3) is 5.97 Å².